The quantitative estimate of drug-likeness (QED) is 0.698. The molecule has 1 aromatic heterocycles. The van der Waals surface area contributed by atoms with Crippen molar-refractivity contribution in [3.63, 3.8) is 0 Å². The molecule has 6 heteroatoms. The van der Waals surface area contributed by atoms with E-state index >= 15 is 0 Å². The predicted molar refractivity (Wildman–Crippen MR) is 53.2 cm³/mol. The van der Waals surface area contributed by atoms with Gasteiger partial charge < -0.3 is 10.4 Å². The minimum absolute atomic E-state index is 0.204. The predicted octanol–water partition coefficient (Wildman–Crippen LogP) is 0.429. The fraction of sp³-hybridized carbons (Fsp3) is 0.625. The summed E-state index contributed by atoms with van der Waals surface area (Å²) in [4.78, 5) is 11.3. The SMILES string of the molecule is CC(O)CCCNC(=O)c1csnn1. The zero-order valence-electron chi connectivity index (χ0n) is 7.93. The van der Waals surface area contributed by atoms with Crippen LogP contribution in [0.5, 0.6) is 0 Å². The zero-order valence-corrected chi connectivity index (χ0v) is 8.75. The molecule has 0 aliphatic carbocycles. The lowest BCUT2D eigenvalue weighted by Gasteiger charge is -2.04. The molecule has 0 aliphatic heterocycles. The first-order valence-electron chi connectivity index (χ1n) is 4.43. The molecule has 1 aromatic rings. The van der Waals surface area contributed by atoms with E-state index in [4.69, 9.17) is 5.11 Å². The van der Waals surface area contributed by atoms with Crippen LogP contribution in [0.1, 0.15) is 30.3 Å². The number of aliphatic hydroxyl groups excluding tert-OH is 1. The molecule has 0 aromatic carbocycles. The normalized spacial score (nSPS) is 12.4. The van der Waals surface area contributed by atoms with Crippen LogP contribution in [0.4, 0.5) is 0 Å². The highest BCUT2D eigenvalue weighted by molar-refractivity contribution is 7.03. The molecule has 0 aliphatic rings. The summed E-state index contributed by atoms with van der Waals surface area (Å²) in [5, 5.41) is 16.9. The van der Waals surface area contributed by atoms with Gasteiger partial charge >= 0.3 is 0 Å². The third kappa shape index (κ3) is 3.80. The van der Waals surface area contributed by atoms with E-state index in [1.165, 1.54) is 0 Å². The van der Waals surface area contributed by atoms with Crippen LogP contribution >= 0.6 is 11.5 Å². The van der Waals surface area contributed by atoms with Gasteiger partial charge in [-0.1, -0.05) is 4.49 Å². The number of aromatic nitrogens is 2. The Hall–Kier alpha value is -1.01. The standard InChI is InChI=1S/C8H13N3O2S/c1-6(12)3-2-4-9-8(13)7-5-14-11-10-7/h5-6,12H,2-4H2,1H3,(H,9,13). The summed E-state index contributed by atoms with van der Waals surface area (Å²) in [6, 6.07) is 0. The van der Waals surface area contributed by atoms with Gasteiger partial charge in [0, 0.05) is 11.9 Å². The smallest absolute Gasteiger partial charge is 0.272 e. The number of amides is 1. The lowest BCUT2D eigenvalue weighted by atomic mass is 10.2. The van der Waals surface area contributed by atoms with Crippen molar-refractivity contribution in [3.8, 4) is 0 Å². The number of nitrogens with zero attached hydrogens (tertiary/aromatic N) is 2. The average Bonchev–Trinajstić information content (AvgIpc) is 2.64. The first-order chi connectivity index (χ1) is 6.70. The van der Waals surface area contributed by atoms with Gasteiger partial charge in [0.25, 0.3) is 5.91 Å². The number of rotatable bonds is 5. The summed E-state index contributed by atoms with van der Waals surface area (Å²) in [5.74, 6) is -0.204. The van der Waals surface area contributed by atoms with Gasteiger partial charge in [-0.3, -0.25) is 4.79 Å². The van der Waals surface area contributed by atoms with Crippen molar-refractivity contribution in [1.29, 1.82) is 0 Å². The van der Waals surface area contributed by atoms with E-state index in [1.807, 2.05) is 0 Å². The van der Waals surface area contributed by atoms with Gasteiger partial charge in [0.15, 0.2) is 5.69 Å². The van der Waals surface area contributed by atoms with Crippen LogP contribution in [0.3, 0.4) is 0 Å². The second kappa shape index (κ2) is 5.66. The molecule has 5 nitrogen and oxygen atoms in total. The fourth-order valence-electron chi connectivity index (χ4n) is 0.953. The first-order valence-corrected chi connectivity index (χ1v) is 5.27. The monoisotopic (exact) mass is 215 g/mol. The Morgan fingerprint density at radius 1 is 1.79 bits per heavy atom. The van der Waals surface area contributed by atoms with Crippen molar-refractivity contribution < 1.29 is 9.90 Å². The topological polar surface area (TPSA) is 75.1 Å². The van der Waals surface area contributed by atoms with E-state index in [2.05, 4.69) is 14.9 Å². The van der Waals surface area contributed by atoms with Gasteiger partial charge in [0.1, 0.15) is 0 Å². The molecule has 0 fully saturated rings. The maximum Gasteiger partial charge on any atom is 0.272 e. The molecule has 2 N–H and O–H groups in total. The van der Waals surface area contributed by atoms with E-state index < -0.39 is 0 Å². The van der Waals surface area contributed by atoms with Crippen LogP contribution in [0, 0.1) is 0 Å². The number of nitrogens with one attached hydrogen (secondary N) is 1. The van der Waals surface area contributed by atoms with E-state index in [0.717, 1.165) is 18.0 Å². The highest BCUT2D eigenvalue weighted by Crippen LogP contribution is 1.97. The molecule has 0 radical (unpaired) electrons. The van der Waals surface area contributed by atoms with Crippen LogP contribution in [0.2, 0.25) is 0 Å². The number of hydrogen-bond donors (Lipinski definition) is 2. The van der Waals surface area contributed by atoms with Gasteiger partial charge in [0.05, 0.1) is 6.10 Å². The van der Waals surface area contributed by atoms with Crippen molar-refractivity contribution >= 4 is 17.4 Å². The molecule has 14 heavy (non-hydrogen) atoms. The van der Waals surface area contributed by atoms with Crippen LogP contribution in [0.15, 0.2) is 5.38 Å². The third-order valence-electron chi connectivity index (χ3n) is 1.68. The zero-order chi connectivity index (χ0) is 10.4. The first kappa shape index (κ1) is 11.1. The van der Waals surface area contributed by atoms with Crippen molar-refractivity contribution in [2.24, 2.45) is 0 Å². The Bertz CT molecular complexity index is 274. The molecule has 1 amide bonds. The summed E-state index contributed by atoms with van der Waals surface area (Å²) in [6.07, 6.45) is 1.14. The van der Waals surface area contributed by atoms with Crippen LogP contribution in [0.25, 0.3) is 0 Å². The molecular formula is C8H13N3O2S. The molecule has 0 bridgehead atoms. The molecular weight excluding hydrogens is 202 g/mol. The summed E-state index contributed by atoms with van der Waals surface area (Å²) < 4.78 is 3.59. The lowest BCUT2D eigenvalue weighted by Crippen LogP contribution is -2.25. The summed E-state index contributed by atoms with van der Waals surface area (Å²) in [6.45, 7) is 2.29. The molecule has 0 saturated carbocycles. The van der Waals surface area contributed by atoms with Gasteiger partial charge in [-0.25, -0.2) is 0 Å². The minimum atomic E-state index is -0.312. The maximum atomic E-state index is 11.3. The fourth-order valence-corrected chi connectivity index (χ4v) is 1.39. The molecule has 1 atom stereocenters. The van der Waals surface area contributed by atoms with Crippen molar-refractivity contribution in [2.75, 3.05) is 6.54 Å². The van der Waals surface area contributed by atoms with E-state index in [-0.39, 0.29) is 12.0 Å². The molecule has 1 rings (SSSR count). The molecule has 0 spiro atoms. The lowest BCUT2D eigenvalue weighted by molar-refractivity contribution is 0.0944. The Balaban J connectivity index is 2.16. The maximum absolute atomic E-state index is 11.3. The number of aliphatic hydroxyl groups is 1. The van der Waals surface area contributed by atoms with Gasteiger partial charge in [-0.2, -0.15) is 0 Å². The average molecular weight is 215 g/mol. The van der Waals surface area contributed by atoms with Crippen LogP contribution in [-0.2, 0) is 0 Å². The Kier molecular flexibility index (Phi) is 4.48. The highest BCUT2D eigenvalue weighted by Gasteiger charge is 2.07. The molecule has 1 heterocycles. The van der Waals surface area contributed by atoms with E-state index in [0.29, 0.717) is 18.7 Å². The van der Waals surface area contributed by atoms with Crippen molar-refractivity contribution in [3.05, 3.63) is 11.1 Å². The van der Waals surface area contributed by atoms with Crippen molar-refractivity contribution in [1.82, 2.24) is 14.9 Å². The Morgan fingerprint density at radius 2 is 2.57 bits per heavy atom. The summed E-state index contributed by atoms with van der Waals surface area (Å²) in [5.41, 5.74) is 0.354. The van der Waals surface area contributed by atoms with Gasteiger partial charge in [-0.15, -0.1) is 5.10 Å². The number of carbonyl (C=O) groups is 1. The molecule has 0 saturated heterocycles. The number of carbonyl (C=O) groups excluding carboxylic acids is 1. The number of hydrogen-bond acceptors (Lipinski definition) is 5. The second-order valence-electron chi connectivity index (χ2n) is 3.04. The molecule has 78 valence electrons. The molecule has 1 unspecified atom stereocenters. The Labute approximate surface area is 86.3 Å². The van der Waals surface area contributed by atoms with E-state index in [9.17, 15) is 4.79 Å². The summed E-state index contributed by atoms with van der Waals surface area (Å²) in [7, 11) is 0. The van der Waals surface area contributed by atoms with Crippen LogP contribution < -0.4 is 5.32 Å². The van der Waals surface area contributed by atoms with Crippen LogP contribution in [-0.4, -0.2) is 33.2 Å². The summed E-state index contributed by atoms with van der Waals surface area (Å²) >= 11 is 1.15. The highest BCUT2D eigenvalue weighted by atomic mass is 32.1. The second-order valence-corrected chi connectivity index (χ2v) is 3.65. The van der Waals surface area contributed by atoms with Gasteiger partial charge in [-0.05, 0) is 31.3 Å². The third-order valence-corrected chi connectivity index (χ3v) is 2.18. The largest absolute Gasteiger partial charge is 0.393 e. The minimum Gasteiger partial charge on any atom is -0.393 e. The van der Waals surface area contributed by atoms with E-state index in [1.54, 1.807) is 12.3 Å². The van der Waals surface area contributed by atoms with Gasteiger partial charge in [0.2, 0.25) is 0 Å². The van der Waals surface area contributed by atoms with Crippen molar-refractivity contribution in [2.45, 2.75) is 25.9 Å². The Morgan fingerprint density at radius 3 is 3.14 bits per heavy atom.